The third-order valence-electron chi connectivity index (χ3n) is 10.7. The maximum atomic E-state index is 14.5. The first-order valence-corrected chi connectivity index (χ1v) is 20.7. The highest BCUT2D eigenvalue weighted by Gasteiger charge is 2.40. The monoisotopic (exact) mass is 769 g/mol. The van der Waals surface area contributed by atoms with Crippen LogP contribution in [0.5, 0.6) is 5.75 Å². The van der Waals surface area contributed by atoms with Gasteiger partial charge in [0.25, 0.3) is 0 Å². The Morgan fingerprint density at radius 2 is 1.25 bits per heavy atom. The zero-order valence-corrected chi connectivity index (χ0v) is 31.4. The van der Waals surface area contributed by atoms with Crippen molar-refractivity contribution in [3.05, 3.63) is 133 Å². The van der Waals surface area contributed by atoms with Crippen LogP contribution < -0.4 is 9.08 Å². The van der Waals surface area contributed by atoms with Gasteiger partial charge in [0.15, 0.2) is 0 Å². The Bertz CT molecular complexity index is 2700. The summed E-state index contributed by atoms with van der Waals surface area (Å²) < 4.78 is 63.0. The SMILES string of the molecule is CN([C@@H](Cc1ccc(OS(=O)(=O)c2cccc3c2-c2ccncc2-3)cc1)C(=O)N1CCN(c2ccccc2)CC1)S(=O)(=O)c1cccc2c1-c1ccncc1-2. The molecule has 3 heterocycles. The van der Waals surface area contributed by atoms with Crippen molar-refractivity contribution < 1.29 is 25.8 Å². The normalized spacial score (nSPS) is 14.8. The number of likely N-dealkylation sites (N-methyl/N-ethyl adjacent to an activating group) is 1. The van der Waals surface area contributed by atoms with Crippen molar-refractivity contribution in [2.75, 3.05) is 38.1 Å². The standard InChI is InChI=1S/C42H35N5O6S2/c1-45(54(49,50)38-11-5-9-31-35-26-43-19-17-33(35)40(31)38)37(42(48)47-23-21-46(22-24-47)29-7-3-2-4-8-29)25-28-13-15-30(16-14-28)53-55(51,52)39-12-6-10-32-36-27-44-20-18-34(36)41(32)39/h2-20,26-27,37H,21-25H2,1H3/t37-/m0/s1. The molecule has 13 heteroatoms. The van der Waals surface area contributed by atoms with Gasteiger partial charge in [-0.25, -0.2) is 8.42 Å². The third kappa shape index (κ3) is 5.95. The summed E-state index contributed by atoms with van der Waals surface area (Å²) in [6.07, 6.45) is 6.74. The molecule has 1 atom stereocenters. The van der Waals surface area contributed by atoms with Gasteiger partial charge in [-0.15, -0.1) is 0 Å². The Labute approximate surface area is 319 Å². The number of amides is 1. The van der Waals surface area contributed by atoms with E-state index in [0.29, 0.717) is 42.9 Å². The minimum atomic E-state index is -4.21. The maximum absolute atomic E-state index is 14.5. The summed E-state index contributed by atoms with van der Waals surface area (Å²) in [5.41, 5.74) is 7.88. The van der Waals surface area contributed by atoms with Gasteiger partial charge >= 0.3 is 10.1 Å². The summed E-state index contributed by atoms with van der Waals surface area (Å²) in [4.78, 5) is 27.0. The van der Waals surface area contributed by atoms with Gasteiger partial charge in [-0.2, -0.15) is 12.7 Å². The number of anilines is 1. The van der Waals surface area contributed by atoms with Crippen LogP contribution in [0.4, 0.5) is 5.69 Å². The van der Waals surface area contributed by atoms with E-state index in [9.17, 15) is 21.6 Å². The first-order valence-electron chi connectivity index (χ1n) is 17.9. The lowest BCUT2D eigenvalue weighted by Gasteiger charge is -2.39. The minimum absolute atomic E-state index is 0.0486. The van der Waals surface area contributed by atoms with E-state index in [1.807, 2.05) is 42.5 Å². The molecule has 55 heavy (non-hydrogen) atoms. The fourth-order valence-corrected chi connectivity index (χ4v) is 10.5. The van der Waals surface area contributed by atoms with Gasteiger partial charge in [0, 0.05) is 86.0 Å². The van der Waals surface area contributed by atoms with E-state index in [4.69, 9.17) is 4.18 Å². The average Bonchev–Trinajstić information content (AvgIpc) is 3.20. The summed E-state index contributed by atoms with van der Waals surface area (Å²) in [7, 11) is -6.93. The maximum Gasteiger partial charge on any atom is 0.339 e. The minimum Gasteiger partial charge on any atom is -0.379 e. The van der Waals surface area contributed by atoms with Crippen molar-refractivity contribution in [1.82, 2.24) is 19.2 Å². The molecule has 276 valence electrons. The molecule has 2 aliphatic carbocycles. The largest absolute Gasteiger partial charge is 0.379 e. The predicted molar refractivity (Wildman–Crippen MR) is 209 cm³/mol. The second-order valence-corrected chi connectivity index (χ2v) is 17.3. The number of rotatable bonds is 10. The zero-order valence-electron chi connectivity index (χ0n) is 29.7. The quantitative estimate of drug-likeness (QED) is 0.151. The van der Waals surface area contributed by atoms with Crippen LogP contribution in [0.15, 0.2) is 138 Å². The van der Waals surface area contributed by atoms with E-state index in [2.05, 4.69) is 14.9 Å². The number of aromatic nitrogens is 2. The van der Waals surface area contributed by atoms with E-state index < -0.39 is 26.2 Å². The number of hydrogen-bond acceptors (Lipinski definition) is 9. The number of nitrogens with zero attached hydrogens (tertiary/aromatic N) is 5. The van der Waals surface area contributed by atoms with E-state index in [1.165, 1.54) is 29.6 Å². The highest BCUT2D eigenvalue weighted by Crippen LogP contribution is 2.51. The van der Waals surface area contributed by atoms with Crippen LogP contribution in [-0.2, 0) is 31.4 Å². The molecular formula is C42H35N5O6S2. The first kappa shape index (κ1) is 34.9. The smallest absolute Gasteiger partial charge is 0.339 e. The lowest BCUT2D eigenvalue weighted by Crippen LogP contribution is -2.56. The second kappa shape index (κ2) is 13.4. The predicted octanol–water partition coefficient (Wildman–Crippen LogP) is 6.12. The average molecular weight is 770 g/mol. The molecule has 11 nitrogen and oxygen atoms in total. The summed E-state index contributed by atoms with van der Waals surface area (Å²) in [5, 5.41) is 0. The Morgan fingerprint density at radius 3 is 1.87 bits per heavy atom. The van der Waals surface area contributed by atoms with Crippen molar-refractivity contribution in [3.63, 3.8) is 0 Å². The number of fused-ring (bicyclic) bond motifs is 8. The number of para-hydroxylation sites is 1. The Balaban J connectivity index is 0.985. The molecule has 2 aromatic heterocycles. The number of pyridine rings is 2. The van der Waals surface area contributed by atoms with Gasteiger partial charge in [0.2, 0.25) is 15.9 Å². The summed E-state index contributed by atoms with van der Waals surface area (Å²) in [6, 6.07) is 29.1. The number of carbonyl (C=O) groups excluding carboxylic acids is 1. The molecule has 1 fully saturated rings. The molecule has 1 aliphatic heterocycles. The van der Waals surface area contributed by atoms with Crippen LogP contribution in [0.25, 0.3) is 44.5 Å². The molecule has 0 bridgehead atoms. The molecule has 4 aromatic carbocycles. The van der Waals surface area contributed by atoms with Crippen LogP contribution in [0.3, 0.4) is 0 Å². The molecule has 0 spiro atoms. The Hall–Kier alpha value is -5.89. The first-order chi connectivity index (χ1) is 26.6. The molecule has 3 aliphatic rings. The fraction of sp³-hybridized carbons (Fsp3) is 0.167. The summed E-state index contributed by atoms with van der Waals surface area (Å²) >= 11 is 0. The van der Waals surface area contributed by atoms with Crippen molar-refractivity contribution >= 4 is 31.7 Å². The third-order valence-corrected chi connectivity index (χ3v) is 13.9. The van der Waals surface area contributed by atoms with E-state index >= 15 is 0 Å². The second-order valence-electron chi connectivity index (χ2n) is 13.8. The van der Waals surface area contributed by atoms with Gasteiger partial charge in [0.1, 0.15) is 16.7 Å². The highest BCUT2D eigenvalue weighted by atomic mass is 32.2. The lowest BCUT2D eigenvalue weighted by atomic mass is 9.82. The number of hydrogen-bond donors (Lipinski definition) is 0. The molecule has 0 unspecified atom stereocenters. The van der Waals surface area contributed by atoms with E-state index in [1.54, 1.807) is 72.2 Å². The van der Waals surface area contributed by atoms with Crippen LogP contribution in [-0.4, -0.2) is 81.2 Å². The molecule has 0 N–H and O–H groups in total. The molecule has 1 amide bonds. The van der Waals surface area contributed by atoms with Gasteiger partial charge in [-0.3, -0.25) is 14.8 Å². The highest BCUT2D eigenvalue weighted by molar-refractivity contribution is 7.89. The molecule has 9 rings (SSSR count). The number of carbonyl (C=O) groups is 1. The molecular weight excluding hydrogens is 735 g/mol. The van der Waals surface area contributed by atoms with E-state index in [-0.39, 0.29) is 27.9 Å². The van der Waals surface area contributed by atoms with Gasteiger partial charge in [-0.05, 0) is 82.8 Å². The molecule has 1 saturated heterocycles. The van der Waals surface area contributed by atoms with Gasteiger partial charge in [-0.1, -0.05) is 54.6 Å². The lowest BCUT2D eigenvalue weighted by molar-refractivity contribution is -0.135. The van der Waals surface area contributed by atoms with Crippen LogP contribution in [0.1, 0.15) is 5.56 Å². The number of sulfonamides is 1. The van der Waals surface area contributed by atoms with E-state index in [0.717, 1.165) is 39.1 Å². The van der Waals surface area contributed by atoms with Crippen molar-refractivity contribution in [3.8, 4) is 50.3 Å². The van der Waals surface area contributed by atoms with Crippen LogP contribution in [0, 0.1) is 0 Å². The van der Waals surface area contributed by atoms with Crippen molar-refractivity contribution in [1.29, 1.82) is 0 Å². The van der Waals surface area contributed by atoms with Crippen molar-refractivity contribution in [2.45, 2.75) is 22.3 Å². The van der Waals surface area contributed by atoms with Crippen LogP contribution >= 0.6 is 0 Å². The fourth-order valence-electron chi connectivity index (χ4n) is 7.82. The summed E-state index contributed by atoms with van der Waals surface area (Å²) in [5.74, 6) is -0.216. The van der Waals surface area contributed by atoms with Gasteiger partial charge in [0.05, 0.1) is 4.90 Å². The Kier molecular flexibility index (Phi) is 8.52. The topological polar surface area (TPSA) is 130 Å². The molecule has 0 radical (unpaired) electrons. The zero-order chi connectivity index (χ0) is 37.9. The van der Waals surface area contributed by atoms with Gasteiger partial charge < -0.3 is 14.0 Å². The van der Waals surface area contributed by atoms with Crippen LogP contribution in [0.2, 0.25) is 0 Å². The molecule has 0 saturated carbocycles. The number of piperazine rings is 1. The Morgan fingerprint density at radius 1 is 0.673 bits per heavy atom. The number of benzene rings is 4. The van der Waals surface area contributed by atoms with Crippen molar-refractivity contribution in [2.24, 2.45) is 0 Å². The summed E-state index contributed by atoms with van der Waals surface area (Å²) in [6.45, 7) is 2.05. The molecule has 6 aromatic rings.